The predicted octanol–water partition coefficient (Wildman–Crippen LogP) is 1.31. The van der Waals surface area contributed by atoms with Crippen LogP contribution in [0.5, 0.6) is 0 Å². The van der Waals surface area contributed by atoms with Crippen LogP contribution < -0.4 is 5.32 Å². The number of carbonyl (C=O) groups excluding carboxylic acids is 1. The van der Waals surface area contributed by atoms with E-state index in [-0.39, 0.29) is 5.91 Å². The van der Waals surface area contributed by atoms with Crippen LogP contribution in [0.15, 0.2) is 43.0 Å². The van der Waals surface area contributed by atoms with Gasteiger partial charge in [-0.1, -0.05) is 30.3 Å². The Morgan fingerprint density at radius 2 is 2.17 bits per heavy atom. The van der Waals surface area contributed by atoms with Gasteiger partial charge in [0.2, 0.25) is 5.91 Å². The van der Waals surface area contributed by atoms with Gasteiger partial charge < -0.3 is 5.32 Å². The Balaban J connectivity index is 1.42. The fourth-order valence-corrected chi connectivity index (χ4v) is 3.09. The van der Waals surface area contributed by atoms with Crippen molar-refractivity contribution in [3.63, 3.8) is 0 Å². The highest BCUT2D eigenvalue weighted by molar-refractivity contribution is 5.78. The quantitative estimate of drug-likeness (QED) is 0.873. The summed E-state index contributed by atoms with van der Waals surface area (Å²) >= 11 is 0. The molecule has 1 atom stereocenters. The average Bonchev–Trinajstić information content (AvgIpc) is 3.07. The van der Waals surface area contributed by atoms with Crippen molar-refractivity contribution in [1.29, 1.82) is 0 Å². The number of hydrogen-bond acceptors (Lipinski definition) is 4. The third-order valence-corrected chi connectivity index (χ3v) is 4.21. The Labute approximate surface area is 136 Å². The zero-order chi connectivity index (χ0) is 15.9. The van der Waals surface area contributed by atoms with Crippen LogP contribution in [0.3, 0.4) is 0 Å². The first-order valence-corrected chi connectivity index (χ1v) is 8.15. The fraction of sp³-hybridized carbons (Fsp3) is 0.471. The third kappa shape index (κ3) is 4.89. The van der Waals surface area contributed by atoms with E-state index in [1.165, 1.54) is 6.42 Å². The van der Waals surface area contributed by atoms with Crippen molar-refractivity contribution in [3.05, 3.63) is 48.5 Å². The molecule has 3 rings (SSSR count). The van der Waals surface area contributed by atoms with Gasteiger partial charge in [-0.05, 0) is 30.9 Å². The molecule has 2 heterocycles. The lowest BCUT2D eigenvalue weighted by molar-refractivity contribution is -0.122. The maximum absolute atomic E-state index is 12.1. The van der Waals surface area contributed by atoms with Gasteiger partial charge in [-0.3, -0.25) is 14.4 Å². The molecule has 1 saturated heterocycles. The van der Waals surface area contributed by atoms with Gasteiger partial charge in [-0.15, -0.1) is 0 Å². The highest BCUT2D eigenvalue weighted by Crippen LogP contribution is 2.17. The van der Waals surface area contributed by atoms with E-state index in [0.717, 1.165) is 31.6 Å². The summed E-state index contributed by atoms with van der Waals surface area (Å²) in [6.45, 7) is 3.88. The van der Waals surface area contributed by atoms with Gasteiger partial charge in [-0.2, -0.15) is 5.10 Å². The smallest absolute Gasteiger partial charge is 0.234 e. The Hall–Kier alpha value is -2.21. The lowest BCUT2D eigenvalue weighted by Crippen LogP contribution is -2.43. The van der Waals surface area contributed by atoms with Gasteiger partial charge in [0.05, 0.1) is 6.54 Å². The van der Waals surface area contributed by atoms with Crippen LogP contribution in [-0.2, 0) is 17.9 Å². The third-order valence-electron chi connectivity index (χ3n) is 4.21. The molecular weight excluding hydrogens is 290 g/mol. The highest BCUT2D eigenvalue weighted by atomic mass is 16.2. The largest absolute Gasteiger partial charge is 0.351 e. The number of benzene rings is 1. The van der Waals surface area contributed by atoms with Crippen LogP contribution in [0.25, 0.3) is 0 Å². The van der Waals surface area contributed by atoms with Crippen LogP contribution in [0.4, 0.5) is 0 Å². The Kier molecular flexibility index (Phi) is 5.37. The van der Waals surface area contributed by atoms with Crippen molar-refractivity contribution in [1.82, 2.24) is 25.0 Å². The van der Waals surface area contributed by atoms with Crippen molar-refractivity contribution in [2.75, 3.05) is 19.6 Å². The first kappa shape index (κ1) is 15.7. The molecule has 1 amide bonds. The number of amides is 1. The van der Waals surface area contributed by atoms with Crippen LogP contribution in [-0.4, -0.2) is 45.2 Å². The van der Waals surface area contributed by atoms with E-state index in [4.69, 9.17) is 0 Å². The average molecular weight is 313 g/mol. The molecule has 1 aliphatic heterocycles. The minimum atomic E-state index is 0.0928. The SMILES string of the molecule is O=C(CN1CCC[C@@H](Cn2cncn2)C1)NCc1ccccc1. The van der Waals surface area contributed by atoms with Gasteiger partial charge in [0.1, 0.15) is 12.7 Å². The standard InChI is InChI=1S/C17H23N5O/c23-17(19-9-15-5-2-1-3-6-15)12-21-8-4-7-16(10-21)11-22-14-18-13-20-22/h1-3,5-6,13-14,16H,4,7-12H2,(H,19,23)/t16-/m1/s1. The molecule has 0 spiro atoms. The molecule has 0 bridgehead atoms. The lowest BCUT2D eigenvalue weighted by atomic mass is 9.98. The second kappa shape index (κ2) is 7.87. The first-order valence-electron chi connectivity index (χ1n) is 8.15. The van der Waals surface area contributed by atoms with E-state index in [0.29, 0.717) is 19.0 Å². The zero-order valence-corrected chi connectivity index (χ0v) is 13.3. The van der Waals surface area contributed by atoms with Crippen molar-refractivity contribution in [2.45, 2.75) is 25.9 Å². The summed E-state index contributed by atoms with van der Waals surface area (Å²) in [4.78, 5) is 18.4. The second-order valence-electron chi connectivity index (χ2n) is 6.12. The summed E-state index contributed by atoms with van der Waals surface area (Å²) in [6.07, 6.45) is 5.64. The predicted molar refractivity (Wildman–Crippen MR) is 87.5 cm³/mol. The Bertz CT molecular complexity index is 599. The molecule has 0 radical (unpaired) electrons. The Morgan fingerprint density at radius 3 is 2.96 bits per heavy atom. The van der Waals surface area contributed by atoms with E-state index in [2.05, 4.69) is 20.3 Å². The summed E-state index contributed by atoms with van der Waals surface area (Å²) in [5, 5.41) is 7.17. The van der Waals surface area contributed by atoms with Gasteiger partial charge in [0.25, 0.3) is 0 Å². The molecule has 0 aliphatic carbocycles. The van der Waals surface area contributed by atoms with Gasteiger partial charge in [-0.25, -0.2) is 4.98 Å². The summed E-state index contributed by atoms with van der Waals surface area (Å²) in [7, 11) is 0. The molecule has 1 N–H and O–H groups in total. The molecule has 23 heavy (non-hydrogen) atoms. The summed E-state index contributed by atoms with van der Waals surface area (Å²) < 4.78 is 1.88. The van der Waals surface area contributed by atoms with Crippen LogP contribution >= 0.6 is 0 Å². The minimum Gasteiger partial charge on any atom is -0.351 e. The van der Waals surface area contributed by atoms with Gasteiger partial charge in [0, 0.05) is 19.6 Å². The summed E-state index contributed by atoms with van der Waals surface area (Å²) in [5.74, 6) is 0.627. The number of piperidine rings is 1. The van der Waals surface area contributed by atoms with Crippen LogP contribution in [0, 0.1) is 5.92 Å². The number of aromatic nitrogens is 3. The van der Waals surface area contributed by atoms with Crippen LogP contribution in [0.1, 0.15) is 18.4 Å². The topological polar surface area (TPSA) is 63.1 Å². The number of nitrogens with one attached hydrogen (secondary N) is 1. The van der Waals surface area contributed by atoms with Crippen molar-refractivity contribution < 1.29 is 4.79 Å². The van der Waals surface area contributed by atoms with E-state index < -0.39 is 0 Å². The zero-order valence-electron chi connectivity index (χ0n) is 13.3. The number of hydrogen-bond donors (Lipinski definition) is 1. The molecule has 1 aromatic heterocycles. The highest BCUT2D eigenvalue weighted by Gasteiger charge is 2.22. The molecular formula is C17H23N5O. The minimum absolute atomic E-state index is 0.0928. The molecule has 122 valence electrons. The monoisotopic (exact) mass is 313 g/mol. The van der Waals surface area contributed by atoms with E-state index in [9.17, 15) is 4.79 Å². The van der Waals surface area contributed by atoms with E-state index in [1.807, 2.05) is 35.0 Å². The first-order chi connectivity index (χ1) is 11.3. The molecule has 2 aromatic rings. The van der Waals surface area contributed by atoms with Crippen LogP contribution in [0.2, 0.25) is 0 Å². The molecule has 1 aromatic carbocycles. The fourth-order valence-electron chi connectivity index (χ4n) is 3.09. The number of nitrogens with zero attached hydrogens (tertiary/aromatic N) is 4. The maximum atomic E-state index is 12.1. The normalized spacial score (nSPS) is 18.7. The molecule has 6 nitrogen and oxygen atoms in total. The van der Waals surface area contributed by atoms with Crippen molar-refractivity contribution in [2.24, 2.45) is 5.92 Å². The molecule has 0 saturated carbocycles. The molecule has 1 aliphatic rings. The van der Waals surface area contributed by atoms with E-state index >= 15 is 0 Å². The maximum Gasteiger partial charge on any atom is 0.234 e. The summed E-state index contributed by atoms with van der Waals surface area (Å²) in [6, 6.07) is 10.0. The second-order valence-corrected chi connectivity index (χ2v) is 6.12. The van der Waals surface area contributed by atoms with E-state index in [1.54, 1.807) is 12.7 Å². The molecule has 1 fully saturated rings. The summed E-state index contributed by atoms with van der Waals surface area (Å²) in [5.41, 5.74) is 1.13. The lowest BCUT2D eigenvalue weighted by Gasteiger charge is -2.32. The number of rotatable bonds is 6. The van der Waals surface area contributed by atoms with Gasteiger partial charge >= 0.3 is 0 Å². The molecule has 0 unspecified atom stereocenters. The number of likely N-dealkylation sites (tertiary alicyclic amines) is 1. The van der Waals surface area contributed by atoms with Crippen molar-refractivity contribution in [3.8, 4) is 0 Å². The Morgan fingerprint density at radius 1 is 1.30 bits per heavy atom. The van der Waals surface area contributed by atoms with Crippen molar-refractivity contribution >= 4 is 5.91 Å². The molecule has 6 heteroatoms. The van der Waals surface area contributed by atoms with Gasteiger partial charge in [0.15, 0.2) is 0 Å². The number of carbonyl (C=O) groups is 1.